The van der Waals surface area contributed by atoms with Gasteiger partial charge in [0.05, 0.1) is 54.7 Å². The Hall–Kier alpha value is -4.45. The molecule has 4 rings (SSSR count). The van der Waals surface area contributed by atoms with Crippen LogP contribution in [0.15, 0.2) is 57.5 Å². The molecule has 2 aromatic carbocycles. The van der Waals surface area contributed by atoms with Crippen molar-refractivity contribution in [2.45, 2.75) is 19.9 Å². The number of aromatic nitrogens is 1. The topological polar surface area (TPSA) is 131 Å². The molecule has 0 saturated heterocycles. The van der Waals surface area contributed by atoms with Gasteiger partial charge in [0, 0.05) is 12.1 Å². The van der Waals surface area contributed by atoms with Crippen LogP contribution in [0.3, 0.4) is 0 Å². The number of methoxy groups -OCH3 is 3. The monoisotopic (exact) mass is 539 g/mol. The van der Waals surface area contributed by atoms with Gasteiger partial charge in [-0.1, -0.05) is 11.3 Å². The second-order valence-electron chi connectivity index (χ2n) is 8.11. The third-order valence-electron chi connectivity index (χ3n) is 5.92. The maximum atomic E-state index is 13.8. The number of non-ortho nitro benzene ring substituents is 1. The van der Waals surface area contributed by atoms with Crippen LogP contribution in [0.4, 0.5) is 5.69 Å². The van der Waals surface area contributed by atoms with Crippen molar-refractivity contribution < 1.29 is 28.7 Å². The van der Waals surface area contributed by atoms with E-state index < -0.39 is 16.9 Å². The lowest BCUT2D eigenvalue weighted by Crippen LogP contribution is -2.40. The minimum atomic E-state index is -0.891. The normalized spacial score (nSPS) is 15.0. The van der Waals surface area contributed by atoms with Crippen LogP contribution in [0.2, 0.25) is 0 Å². The summed E-state index contributed by atoms with van der Waals surface area (Å²) in [5.41, 5.74) is 1.30. The van der Waals surface area contributed by atoms with Crippen LogP contribution in [0.25, 0.3) is 6.08 Å². The van der Waals surface area contributed by atoms with Crippen molar-refractivity contribution in [3.8, 4) is 17.2 Å². The number of rotatable bonds is 8. The predicted octanol–water partition coefficient (Wildman–Crippen LogP) is 2.73. The summed E-state index contributed by atoms with van der Waals surface area (Å²) in [6.45, 7) is 3.52. The number of thiazole rings is 1. The smallest absolute Gasteiger partial charge is 0.338 e. The highest BCUT2D eigenvalue weighted by molar-refractivity contribution is 7.07. The van der Waals surface area contributed by atoms with Gasteiger partial charge >= 0.3 is 5.97 Å². The van der Waals surface area contributed by atoms with Crippen molar-refractivity contribution in [2.75, 3.05) is 27.9 Å². The number of allylic oxidation sites excluding steroid dienone is 1. The summed E-state index contributed by atoms with van der Waals surface area (Å²) in [4.78, 5) is 42.3. The summed E-state index contributed by atoms with van der Waals surface area (Å²) in [5, 5.41) is 11.0. The molecule has 0 fully saturated rings. The molecule has 1 aliphatic rings. The third kappa shape index (κ3) is 4.77. The zero-order valence-corrected chi connectivity index (χ0v) is 22.2. The molecule has 198 valence electrons. The maximum Gasteiger partial charge on any atom is 0.338 e. The molecule has 38 heavy (non-hydrogen) atoms. The molecule has 1 unspecified atom stereocenters. The molecule has 1 aromatic heterocycles. The number of benzene rings is 2. The van der Waals surface area contributed by atoms with E-state index in [4.69, 9.17) is 18.9 Å². The average molecular weight is 540 g/mol. The standard InChI is InChI=1S/C26H25N3O8S/c1-6-37-25(31)21-14(2)27-26-28(22(21)16-12-18(34-3)23(36-5)19(13-16)35-4)24(30)20(38-26)11-15-7-9-17(10-8-15)29(32)33/h7-13,22H,6H2,1-5H3. The molecule has 12 heteroatoms. The zero-order valence-electron chi connectivity index (χ0n) is 21.3. The molecule has 2 heterocycles. The number of esters is 1. The Morgan fingerprint density at radius 3 is 2.29 bits per heavy atom. The van der Waals surface area contributed by atoms with Gasteiger partial charge in [-0.25, -0.2) is 9.79 Å². The lowest BCUT2D eigenvalue weighted by Gasteiger charge is -2.26. The van der Waals surface area contributed by atoms with Crippen molar-refractivity contribution in [2.24, 2.45) is 4.99 Å². The summed E-state index contributed by atoms with van der Waals surface area (Å²) in [7, 11) is 4.43. The Morgan fingerprint density at radius 1 is 1.13 bits per heavy atom. The second-order valence-corrected chi connectivity index (χ2v) is 9.12. The lowest BCUT2D eigenvalue weighted by atomic mass is 9.95. The number of hydrogen-bond donors (Lipinski definition) is 0. The van der Waals surface area contributed by atoms with E-state index in [2.05, 4.69) is 4.99 Å². The van der Waals surface area contributed by atoms with Gasteiger partial charge in [0.2, 0.25) is 5.75 Å². The molecule has 0 radical (unpaired) electrons. The fraction of sp³-hybridized carbons (Fsp3) is 0.269. The summed E-state index contributed by atoms with van der Waals surface area (Å²) in [6, 6.07) is 8.31. The van der Waals surface area contributed by atoms with Crippen molar-refractivity contribution in [3.05, 3.63) is 88.6 Å². The summed E-state index contributed by atoms with van der Waals surface area (Å²) in [5.74, 6) is 0.473. The van der Waals surface area contributed by atoms with Crippen LogP contribution in [0, 0.1) is 10.1 Å². The van der Waals surface area contributed by atoms with Gasteiger partial charge < -0.3 is 18.9 Å². The van der Waals surface area contributed by atoms with Crippen molar-refractivity contribution in [1.82, 2.24) is 4.57 Å². The van der Waals surface area contributed by atoms with Crippen LogP contribution >= 0.6 is 11.3 Å². The highest BCUT2D eigenvalue weighted by Gasteiger charge is 2.34. The Kier molecular flexibility index (Phi) is 7.62. The quantitative estimate of drug-likeness (QED) is 0.243. The fourth-order valence-electron chi connectivity index (χ4n) is 4.21. The average Bonchev–Trinajstić information content (AvgIpc) is 3.21. The molecule has 0 amide bonds. The number of nitro benzene ring substituents is 1. The minimum absolute atomic E-state index is 0.0549. The van der Waals surface area contributed by atoms with Crippen LogP contribution < -0.4 is 29.1 Å². The Bertz CT molecular complexity index is 1590. The highest BCUT2D eigenvalue weighted by Crippen LogP contribution is 2.42. The first-order valence-corrected chi connectivity index (χ1v) is 12.3. The number of carbonyl (C=O) groups is 1. The van der Waals surface area contributed by atoms with E-state index in [1.807, 2.05) is 0 Å². The largest absolute Gasteiger partial charge is 0.493 e. The number of ether oxygens (including phenoxy) is 4. The van der Waals surface area contributed by atoms with Gasteiger partial charge in [-0.05, 0) is 55.3 Å². The second kappa shape index (κ2) is 10.9. The van der Waals surface area contributed by atoms with Gasteiger partial charge in [0.25, 0.3) is 11.2 Å². The van der Waals surface area contributed by atoms with Crippen molar-refractivity contribution >= 4 is 29.1 Å². The maximum absolute atomic E-state index is 13.8. The van der Waals surface area contributed by atoms with Gasteiger partial charge in [-0.15, -0.1) is 0 Å². The number of nitro groups is 1. The van der Waals surface area contributed by atoms with Crippen molar-refractivity contribution in [1.29, 1.82) is 0 Å². The van der Waals surface area contributed by atoms with E-state index in [9.17, 15) is 19.7 Å². The van der Waals surface area contributed by atoms with Crippen LogP contribution in [0.5, 0.6) is 17.2 Å². The first-order chi connectivity index (χ1) is 18.2. The Labute approximate surface area is 221 Å². The number of hydrogen-bond acceptors (Lipinski definition) is 10. The number of fused-ring (bicyclic) bond motifs is 1. The van der Waals surface area contributed by atoms with E-state index >= 15 is 0 Å². The Morgan fingerprint density at radius 2 is 1.76 bits per heavy atom. The van der Waals surface area contributed by atoms with Crippen LogP contribution in [0.1, 0.15) is 31.0 Å². The predicted molar refractivity (Wildman–Crippen MR) is 140 cm³/mol. The highest BCUT2D eigenvalue weighted by atomic mass is 32.1. The van der Waals surface area contributed by atoms with Gasteiger partial charge in [0.15, 0.2) is 16.3 Å². The van der Waals surface area contributed by atoms with E-state index in [1.165, 1.54) is 38.0 Å². The van der Waals surface area contributed by atoms with Crippen molar-refractivity contribution in [3.63, 3.8) is 0 Å². The first-order valence-electron chi connectivity index (χ1n) is 11.5. The molecular formula is C26H25N3O8S. The molecule has 0 spiro atoms. The molecule has 1 aliphatic heterocycles. The molecule has 0 N–H and O–H groups in total. The molecule has 1 atom stereocenters. The fourth-order valence-corrected chi connectivity index (χ4v) is 5.26. The van der Waals surface area contributed by atoms with E-state index in [0.29, 0.717) is 43.4 Å². The molecule has 3 aromatic rings. The van der Waals surface area contributed by atoms with Gasteiger partial charge in [-0.2, -0.15) is 0 Å². The zero-order chi connectivity index (χ0) is 27.6. The number of carbonyl (C=O) groups excluding carboxylic acids is 1. The molecule has 0 bridgehead atoms. The summed E-state index contributed by atoms with van der Waals surface area (Å²) >= 11 is 1.15. The van der Waals surface area contributed by atoms with E-state index in [0.717, 1.165) is 11.3 Å². The molecular weight excluding hydrogens is 514 g/mol. The van der Waals surface area contributed by atoms with E-state index in [1.54, 1.807) is 44.2 Å². The van der Waals surface area contributed by atoms with E-state index in [-0.39, 0.29) is 23.4 Å². The van der Waals surface area contributed by atoms with Crippen LogP contribution in [-0.4, -0.2) is 43.4 Å². The Balaban J connectivity index is 1.97. The van der Waals surface area contributed by atoms with Gasteiger partial charge in [0.1, 0.15) is 0 Å². The molecule has 0 saturated carbocycles. The van der Waals surface area contributed by atoms with Crippen LogP contribution in [-0.2, 0) is 9.53 Å². The minimum Gasteiger partial charge on any atom is -0.493 e. The third-order valence-corrected chi connectivity index (χ3v) is 6.90. The number of nitrogens with zero attached hydrogens (tertiary/aromatic N) is 3. The SMILES string of the molecule is CCOC(=O)C1=C(C)N=c2sc(=Cc3ccc([N+](=O)[O-])cc3)c(=O)n2C1c1cc(OC)c(OC)c(OC)c1. The first kappa shape index (κ1) is 26.6. The summed E-state index contributed by atoms with van der Waals surface area (Å²) < 4.78 is 23.6. The summed E-state index contributed by atoms with van der Waals surface area (Å²) in [6.07, 6.45) is 1.63. The molecule has 0 aliphatic carbocycles. The van der Waals surface area contributed by atoms with Gasteiger partial charge in [-0.3, -0.25) is 19.5 Å². The molecule has 11 nitrogen and oxygen atoms in total. The lowest BCUT2D eigenvalue weighted by molar-refractivity contribution is -0.384.